The molecule has 84 heavy (non-hydrogen) atoms. The van der Waals surface area contributed by atoms with E-state index < -0.39 is 18.4 Å². The zero-order valence-corrected chi connectivity index (χ0v) is 56.8. The van der Waals surface area contributed by atoms with Gasteiger partial charge in [0.15, 0.2) is 6.10 Å². The fourth-order valence-corrected chi connectivity index (χ4v) is 11.3. The highest BCUT2D eigenvalue weighted by Crippen LogP contribution is 2.19. The van der Waals surface area contributed by atoms with Gasteiger partial charge in [-0.15, -0.1) is 0 Å². The maximum Gasteiger partial charge on any atom is 0.361 e. The fraction of sp³-hybridized carbons (Fsp3) is 0.907. The van der Waals surface area contributed by atoms with Crippen LogP contribution in [0.1, 0.15) is 380 Å². The first kappa shape index (κ1) is 81.8. The summed E-state index contributed by atoms with van der Waals surface area (Å²) in [6.45, 7) is 4.95. The summed E-state index contributed by atoms with van der Waals surface area (Å²) in [6, 6.07) is 0. The van der Waals surface area contributed by atoms with E-state index in [4.69, 9.17) is 18.9 Å². The first-order valence-electron chi connectivity index (χ1n) is 37.0. The Balaban J connectivity index is 3.94. The van der Waals surface area contributed by atoms with Crippen molar-refractivity contribution >= 4 is 17.9 Å². The Hall–Kier alpha value is -2.23. The third kappa shape index (κ3) is 67.3. The van der Waals surface area contributed by atoms with Crippen LogP contribution in [-0.4, -0.2) is 87.4 Å². The highest BCUT2D eigenvalue weighted by molar-refractivity contribution is 5.71. The van der Waals surface area contributed by atoms with E-state index in [1.54, 1.807) is 0 Å². The van der Waals surface area contributed by atoms with Crippen LogP contribution in [0.5, 0.6) is 0 Å². The van der Waals surface area contributed by atoms with E-state index in [2.05, 4.69) is 38.2 Å². The van der Waals surface area contributed by atoms with Crippen LogP contribution in [0, 0.1) is 0 Å². The number of allylic oxidation sites excluding steroid dienone is 4. The zero-order valence-electron chi connectivity index (χ0n) is 56.8. The van der Waals surface area contributed by atoms with E-state index in [-0.39, 0.29) is 38.2 Å². The van der Waals surface area contributed by atoms with Gasteiger partial charge in [0.1, 0.15) is 13.2 Å². The molecule has 0 aromatic carbocycles. The lowest BCUT2D eigenvalue weighted by molar-refractivity contribution is -0.870. The second kappa shape index (κ2) is 66.7. The van der Waals surface area contributed by atoms with E-state index >= 15 is 0 Å². The van der Waals surface area contributed by atoms with Gasteiger partial charge in [-0.25, -0.2) is 4.79 Å². The van der Waals surface area contributed by atoms with Gasteiger partial charge >= 0.3 is 17.9 Å². The minimum Gasteiger partial charge on any atom is -0.477 e. The van der Waals surface area contributed by atoms with Crippen LogP contribution in [0.2, 0.25) is 0 Å². The van der Waals surface area contributed by atoms with Crippen LogP contribution in [0.4, 0.5) is 0 Å². The first-order valence-corrected chi connectivity index (χ1v) is 37.0. The molecule has 0 aliphatic carbocycles. The number of quaternary nitrogens is 1. The summed E-state index contributed by atoms with van der Waals surface area (Å²) < 4.78 is 23.0. The van der Waals surface area contributed by atoms with Crippen LogP contribution in [0.3, 0.4) is 0 Å². The first-order chi connectivity index (χ1) is 41.1. The summed E-state index contributed by atoms with van der Waals surface area (Å²) in [4.78, 5) is 37.6. The highest BCUT2D eigenvalue weighted by atomic mass is 16.7. The molecule has 2 atom stereocenters. The number of hydrogen-bond donors (Lipinski definition) is 1. The Labute approximate surface area is 522 Å². The molecule has 9 heteroatoms. The third-order valence-corrected chi connectivity index (χ3v) is 17.0. The molecule has 0 heterocycles. The standard InChI is InChI=1S/C75H143NO8/c1-6-8-10-12-14-16-18-20-22-24-26-28-29-30-31-32-33-34-35-36-37-38-39-40-41-42-43-44-45-46-48-50-52-54-56-58-60-62-64-66-73(78)84-71(70-83-75(74(79)80)81-68-67-76(3,4)5)69-82-72(77)65-63-61-59-57-55-53-51-49-47-27-25-23-21-19-17-15-13-11-9-7-2/h18,20,24,26,71,75H,6-17,19,21-23,25,27-70H2,1-5H3/p+1/b20-18-,26-24-. The Morgan fingerprint density at radius 1 is 0.357 bits per heavy atom. The summed E-state index contributed by atoms with van der Waals surface area (Å²) in [5.74, 6) is -1.97. The quantitative estimate of drug-likeness (QED) is 0.0211. The molecule has 9 nitrogen and oxygen atoms in total. The number of hydrogen-bond acceptors (Lipinski definition) is 7. The van der Waals surface area contributed by atoms with Crippen LogP contribution >= 0.6 is 0 Å². The number of carboxylic acid groups (broad SMARTS) is 1. The molecule has 0 radical (unpaired) electrons. The highest BCUT2D eigenvalue weighted by Gasteiger charge is 2.25. The summed E-state index contributed by atoms with van der Waals surface area (Å²) in [5, 5.41) is 9.74. The summed E-state index contributed by atoms with van der Waals surface area (Å²) in [7, 11) is 5.99. The predicted molar refractivity (Wildman–Crippen MR) is 360 cm³/mol. The van der Waals surface area contributed by atoms with Crippen molar-refractivity contribution in [3.63, 3.8) is 0 Å². The summed E-state index contributed by atoms with van der Waals surface area (Å²) in [5.41, 5.74) is 0. The second-order valence-electron chi connectivity index (χ2n) is 26.6. The molecule has 0 spiro atoms. The van der Waals surface area contributed by atoms with Crippen LogP contribution < -0.4 is 0 Å². The molecule has 0 fully saturated rings. The van der Waals surface area contributed by atoms with E-state index in [0.717, 1.165) is 44.9 Å². The lowest BCUT2D eigenvalue weighted by atomic mass is 10.0. The Bertz CT molecular complexity index is 1430. The van der Waals surface area contributed by atoms with Crippen molar-refractivity contribution in [1.29, 1.82) is 0 Å². The molecule has 1 N–H and O–H groups in total. The Morgan fingerprint density at radius 3 is 0.940 bits per heavy atom. The van der Waals surface area contributed by atoms with Crippen molar-refractivity contribution in [3.8, 4) is 0 Å². The number of likely N-dealkylation sites (N-methyl/N-ethyl adjacent to an activating group) is 1. The lowest BCUT2D eigenvalue weighted by Crippen LogP contribution is -2.40. The normalized spacial score (nSPS) is 12.7. The van der Waals surface area contributed by atoms with Gasteiger partial charge in [-0.3, -0.25) is 9.59 Å². The summed E-state index contributed by atoms with van der Waals surface area (Å²) in [6.07, 6.45) is 80.3. The minimum absolute atomic E-state index is 0.173. The van der Waals surface area contributed by atoms with E-state index in [0.29, 0.717) is 17.4 Å². The van der Waals surface area contributed by atoms with Gasteiger partial charge in [0, 0.05) is 12.8 Å². The maximum absolute atomic E-state index is 12.9. The molecule has 0 aliphatic rings. The van der Waals surface area contributed by atoms with Crippen molar-refractivity contribution in [2.24, 2.45) is 0 Å². The summed E-state index contributed by atoms with van der Waals surface area (Å²) >= 11 is 0. The van der Waals surface area contributed by atoms with Crippen LogP contribution in [0.15, 0.2) is 24.3 Å². The van der Waals surface area contributed by atoms with E-state index in [9.17, 15) is 19.5 Å². The number of carbonyl (C=O) groups excluding carboxylic acids is 2. The smallest absolute Gasteiger partial charge is 0.361 e. The van der Waals surface area contributed by atoms with Crippen molar-refractivity contribution in [2.45, 2.75) is 392 Å². The molecule has 0 aromatic rings. The average Bonchev–Trinajstić information content (AvgIpc) is 3.52. The zero-order chi connectivity index (χ0) is 61.2. The van der Waals surface area contributed by atoms with E-state index in [1.807, 2.05) is 21.1 Å². The third-order valence-electron chi connectivity index (χ3n) is 17.0. The topological polar surface area (TPSA) is 108 Å². The second-order valence-corrected chi connectivity index (χ2v) is 26.6. The monoisotopic (exact) mass is 1190 g/mol. The number of carboxylic acids is 1. The number of esters is 2. The number of ether oxygens (including phenoxy) is 4. The van der Waals surface area contributed by atoms with Gasteiger partial charge in [-0.05, 0) is 44.9 Å². The van der Waals surface area contributed by atoms with Gasteiger partial charge in [0.05, 0.1) is 34.4 Å². The molecule has 0 saturated carbocycles. The molecule has 2 unspecified atom stereocenters. The average molecular weight is 1190 g/mol. The molecule has 0 aromatic heterocycles. The number of aliphatic carboxylic acids is 1. The number of unbranched alkanes of at least 4 members (excludes halogenated alkanes) is 51. The van der Waals surface area contributed by atoms with Crippen molar-refractivity contribution in [2.75, 3.05) is 47.5 Å². The Morgan fingerprint density at radius 2 is 0.643 bits per heavy atom. The molecule has 0 bridgehead atoms. The predicted octanol–water partition coefficient (Wildman–Crippen LogP) is 23.0. The SMILES string of the molecule is CCCCCCC/C=C\C/C=C\CCCCCCCCCCCCCCCCCCCCCCCCCCCCCC(=O)OC(COC(=O)CCCCCCCCCCCCCCCCCCCCCC)COC(OCC[N+](C)(C)C)C(=O)O. The van der Waals surface area contributed by atoms with Gasteiger partial charge < -0.3 is 28.5 Å². The largest absolute Gasteiger partial charge is 0.477 e. The molecule has 0 rings (SSSR count). The van der Waals surface area contributed by atoms with Crippen molar-refractivity contribution < 1.29 is 42.9 Å². The number of rotatable bonds is 70. The van der Waals surface area contributed by atoms with Crippen molar-refractivity contribution in [3.05, 3.63) is 24.3 Å². The van der Waals surface area contributed by atoms with Crippen LogP contribution in [-0.2, 0) is 33.3 Å². The van der Waals surface area contributed by atoms with E-state index in [1.165, 1.54) is 308 Å². The van der Waals surface area contributed by atoms with Gasteiger partial charge in [0.2, 0.25) is 0 Å². The molecular formula is C75H144NO8+. The minimum atomic E-state index is -1.51. The molecule has 0 amide bonds. The van der Waals surface area contributed by atoms with Gasteiger partial charge in [-0.1, -0.05) is 346 Å². The van der Waals surface area contributed by atoms with Gasteiger partial charge in [-0.2, -0.15) is 0 Å². The molecule has 0 aliphatic heterocycles. The van der Waals surface area contributed by atoms with Crippen LogP contribution in [0.25, 0.3) is 0 Å². The molecular weight excluding hydrogens is 1040 g/mol. The number of carbonyl (C=O) groups is 3. The van der Waals surface area contributed by atoms with Crippen molar-refractivity contribution in [1.82, 2.24) is 0 Å². The fourth-order valence-electron chi connectivity index (χ4n) is 11.3. The molecule has 0 saturated heterocycles. The number of nitrogens with zero attached hydrogens (tertiary/aromatic N) is 1. The van der Waals surface area contributed by atoms with Gasteiger partial charge in [0.25, 0.3) is 6.29 Å². The lowest BCUT2D eigenvalue weighted by Gasteiger charge is -2.25. The molecule has 496 valence electrons. The Kier molecular flexibility index (Phi) is 64.9. The maximum atomic E-state index is 12.9.